The largest absolute Gasteiger partial charge is 0.451 e. The van der Waals surface area contributed by atoms with Crippen LogP contribution in [0.5, 0.6) is 0 Å². The number of nitrogens with one attached hydrogen (secondary N) is 3. The first-order valence-electron chi connectivity index (χ1n) is 8.81. The topological polar surface area (TPSA) is 105 Å². The van der Waals surface area contributed by atoms with Gasteiger partial charge in [0.1, 0.15) is 5.58 Å². The van der Waals surface area contributed by atoms with Gasteiger partial charge in [0.05, 0.1) is 4.88 Å². The molecule has 8 nitrogen and oxygen atoms in total. The monoisotopic (exact) mass is 427 g/mol. The van der Waals surface area contributed by atoms with Crippen LogP contribution in [0.4, 0.5) is 0 Å². The highest BCUT2D eigenvalue weighted by molar-refractivity contribution is 7.71. The van der Waals surface area contributed by atoms with Crippen LogP contribution < -0.4 is 10.9 Å². The smallest absolute Gasteiger partial charge is 0.305 e. The molecule has 148 valence electrons. The molecule has 0 aliphatic heterocycles. The lowest BCUT2D eigenvalue weighted by Gasteiger charge is -2.08. The number of thiophene rings is 1. The average molecular weight is 428 g/mol. The number of para-hydroxylation sites is 1. The summed E-state index contributed by atoms with van der Waals surface area (Å²) < 4.78 is 7.78. The first-order valence-corrected chi connectivity index (χ1v) is 10.1. The van der Waals surface area contributed by atoms with Crippen molar-refractivity contribution in [1.82, 2.24) is 25.6 Å². The van der Waals surface area contributed by atoms with Crippen molar-refractivity contribution in [2.45, 2.75) is 19.9 Å². The highest BCUT2D eigenvalue weighted by Crippen LogP contribution is 2.25. The van der Waals surface area contributed by atoms with Gasteiger partial charge in [0.15, 0.2) is 16.4 Å². The zero-order valence-corrected chi connectivity index (χ0v) is 17.0. The van der Waals surface area contributed by atoms with Gasteiger partial charge in [0.25, 0.3) is 0 Å². The molecule has 3 heterocycles. The predicted molar refractivity (Wildman–Crippen MR) is 112 cm³/mol. The fourth-order valence-electron chi connectivity index (χ4n) is 2.97. The van der Waals surface area contributed by atoms with E-state index in [1.165, 1.54) is 11.3 Å². The molecule has 0 fully saturated rings. The molecule has 2 amide bonds. The quantitative estimate of drug-likeness (QED) is 0.334. The minimum atomic E-state index is -0.508. The van der Waals surface area contributed by atoms with E-state index in [0.29, 0.717) is 22.7 Å². The van der Waals surface area contributed by atoms with Gasteiger partial charge in [0.2, 0.25) is 5.91 Å². The number of benzene rings is 1. The molecule has 0 aliphatic rings. The number of fused-ring (bicyclic) bond motifs is 1. The Labute approximate surface area is 174 Å². The van der Waals surface area contributed by atoms with Crippen LogP contribution >= 0.6 is 23.6 Å². The number of aromatic nitrogens is 3. The molecule has 0 saturated carbocycles. The predicted octanol–water partition coefficient (Wildman–Crippen LogP) is 3.58. The molecule has 4 aromatic rings. The van der Waals surface area contributed by atoms with Gasteiger partial charge in [-0.2, -0.15) is 5.10 Å². The molecule has 3 N–H and O–H groups in total. The lowest BCUT2D eigenvalue weighted by Crippen LogP contribution is -2.42. The van der Waals surface area contributed by atoms with Gasteiger partial charge in [-0.15, -0.1) is 11.3 Å². The Morgan fingerprint density at radius 3 is 2.83 bits per heavy atom. The van der Waals surface area contributed by atoms with E-state index in [0.717, 1.165) is 15.8 Å². The van der Waals surface area contributed by atoms with Crippen LogP contribution in [-0.4, -0.2) is 26.6 Å². The van der Waals surface area contributed by atoms with Gasteiger partial charge in [-0.25, -0.2) is 0 Å². The maximum atomic E-state index is 12.4. The molecule has 0 saturated heterocycles. The summed E-state index contributed by atoms with van der Waals surface area (Å²) in [5.74, 6) is -0.0122. The Kier molecular flexibility index (Phi) is 5.28. The number of amides is 2. The number of rotatable bonds is 5. The standard InChI is InChI=1S/C19H17N5O3S2/c1-11-12-5-2-3-6-13(12)27-16(11)18(26)22-20-15(25)8-9-24-17(21-23-19(24)28)14-7-4-10-29-14/h2-7,10H,8-9H2,1H3,(H,20,25)(H,22,26)(H,23,28). The van der Waals surface area contributed by atoms with E-state index < -0.39 is 5.91 Å². The second-order valence-electron chi connectivity index (χ2n) is 6.29. The highest BCUT2D eigenvalue weighted by atomic mass is 32.1. The number of H-pyrrole nitrogens is 1. The van der Waals surface area contributed by atoms with E-state index in [2.05, 4.69) is 21.0 Å². The summed E-state index contributed by atoms with van der Waals surface area (Å²) in [6.07, 6.45) is 0.117. The summed E-state index contributed by atoms with van der Waals surface area (Å²) in [4.78, 5) is 25.5. The van der Waals surface area contributed by atoms with Crippen molar-refractivity contribution in [3.63, 3.8) is 0 Å². The van der Waals surface area contributed by atoms with Crippen molar-refractivity contribution in [3.05, 3.63) is 57.9 Å². The van der Waals surface area contributed by atoms with Gasteiger partial charge in [-0.3, -0.25) is 30.1 Å². The van der Waals surface area contributed by atoms with E-state index in [-0.39, 0.29) is 18.1 Å². The van der Waals surface area contributed by atoms with E-state index in [4.69, 9.17) is 16.6 Å². The molecule has 0 radical (unpaired) electrons. The van der Waals surface area contributed by atoms with Crippen LogP contribution in [0, 0.1) is 11.7 Å². The lowest BCUT2D eigenvalue weighted by molar-refractivity contribution is -0.122. The van der Waals surface area contributed by atoms with E-state index in [1.807, 2.05) is 35.7 Å². The lowest BCUT2D eigenvalue weighted by atomic mass is 10.1. The van der Waals surface area contributed by atoms with Gasteiger partial charge >= 0.3 is 5.91 Å². The number of aryl methyl sites for hydroxylation is 1. The third-order valence-electron chi connectivity index (χ3n) is 4.43. The van der Waals surface area contributed by atoms with Crippen molar-refractivity contribution in [2.24, 2.45) is 0 Å². The molecule has 0 unspecified atom stereocenters. The molecule has 10 heteroatoms. The molecule has 0 bridgehead atoms. The Hall–Kier alpha value is -3.24. The Balaban J connectivity index is 1.37. The molecule has 0 aliphatic carbocycles. The zero-order chi connectivity index (χ0) is 20.4. The van der Waals surface area contributed by atoms with Crippen LogP contribution in [0.2, 0.25) is 0 Å². The molecular formula is C19H17N5O3S2. The van der Waals surface area contributed by atoms with Crippen LogP contribution in [0.1, 0.15) is 22.5 Å². The zero-order valence-electron chi connectivity index (χ0n) is 15.4. The number of hydrogen-bond acceptors (Lipinski definition) is 6. The number of nitrogens with zero attached hydrogens (tertiary/aromatic N) is 2. The van der Waals surface area contributed by atoms with Gasteiger partial charge < -0.3 is 4.42 Å². The van der Waals surface area contributed by atoms with E-state index in [1.54, 1.807) is 17.6 Å². The Morgan fingerprint density at radius 1 is 1.24 bits per heavy atom. The van der Waals surface area contributed by atoms with Crippen molar-refractivity contribution in [3.8, 4) is 10.7 Å². The van der Waals surface area contributed by atoms with Crippen molar-refractivity contribution >= 4 is 46.3 Å². The Morgan fingerprint density at radius 2 is 2.07 bits per heavy atom. The van der Waals surface area contributed by atoms with E-state index >= 15 is 0 Å². The number of aromatic amines is 1. The number of carbonyl (C=O) groups is 2. The molecule has 29 heavy (non-hydrogen) atoms. The second-order valence-corrected chi connectivity index (χ2v) is 7.62. The number of furan rings is 1. The summed E-state index contributed by atoms with van der Waals surface area (Å²) >= 11 is 6.79. The van der Waals surface area contributed by atoms with Gasteiger partial charge in [-0.05, 0) is 36.7 Å². The third kappa shape index (κ3) is 3.84. The number of hydrazine groups is 1. The van der Waals surface area contributed by atoms with Crippen LogP contribution in [0.25, 0.3) is 21.7 Å². The van der Waals surface area contributed by atoms with Crippen molar-refractivity contribution < 1.29 is 14.0 Å². The molecule has 3 aromatic heterocycles. The van der Waals surface area contributed by atoms with Crippen LogP contribution in [0.15, 0.2) is 46.2 Å². The molecule has 1 aromatic carbocycles. The summed E-state index contributed by atoms with van der Waals surface area (Å²) in [6.45, 7) is 2.13. The van der Waals surface area contributed by atoms with Crippen molar-refractivity contribution in [2.75, 3.05) is 0 Å². The van der Waals surface area contributed by atoms with Crippen molar-refractivity contribution in [1.29, 1.82) is 0 Å². The maximum absolute atomic E-state index is 12.4. The average Bonchev–Trinajstić information content (AvgIpc) is 3.44. The van der Waals surface area contributed by atoms with Gasteiger partial charge in [-0.1, -0.05) is 24.3 Å². The van der Waals surface area contributed by atoms with Crippen LogP contribution in [0.3, 0.4) is 0 Å². The fraction of sp³-hybridized carbons (Fsp3) is 0.158. The summed E-state index contributed by atoms with van der Waals surface area (Å²) in [5.41, 5.74) is 6.16. The number of carbonyl (C=O) groups excluding carboxylic acids is 2. The summed E-state index contributed by atoms with van der Waals surface area (Å²) in [7, 11) is 0. The highest BCUT2D eigenvalue weighted by Gasteiger charge is 2.18. The SMILES string of the molecule is Cc1c(C(=O)NNC(=O)CCn2c(-c3cccs3)n[nH]c2=S)oc2ccccc12. The number of hydrogen-bond donors (Lipinski definition) is 3. The maximum Gasteiger partial charge on any atom is 0.305 e. The molecule has 4 rings (SSSR count). The van der Waals surface area contributed by atoms with E-state index in [9.17, 15) is 9.59 Å². The summed E-state index contributed by atoms with van der Waals surface area (Å²) in [5, 5.41) is 9.78. The first-order chi connectivity index (χ1) is 14.0. The molecule has 0 atom stereocenters. The minimum absolute atomic E-state index is 0.117. The minimum Gasteiger partial charge on any atom is -0.451 e. The molecular weight excluding hydrogens is 410 g/mol. The third-order valence-corrected chi connectivity index (χ3v) is 5.61. The van der Waals surface area contributed by atoms with Crippen LogP contribution in [-0.2, 0) is 11.3 Å². The molecule has 0 spiro atoms. The normalized spacial score (nSPS) is 10.9. The van der Waals surface area contributed by atoms with Gasteiger partial charge in [0, 0.05) is 23.9 Å². The fourth-order valence-corrected chi connectivity index (χ4v) is 3.91. The first kappa shape index (κ1) is 19.1. The summed E-state index contributed by atoms with van der Waals surface area (Å²) in [6, 6.07) is 11.2. The Bertz CT molecular complexity index is 1240. The second kappa shape index (κ2) is 8.02.